The minimum absolute atomic E-state index is 0.144. The van der Waals surface area contributed by atoms with Crippen LogP contribution in [0.3, 0.4) is 0 Å². The number of hydrogen-bond acceptors (Lipinski definition) is 5. The fourth-order valence-corrected chi connectivity index (χ4v) is 3.50. The summed E-state index contributed by atoms with van der Waals surface area (Å²) in [5, 5.41) is 14.5. The molecule has 7 nitrogen and oxygen atoms in total. The number of aromatic nitrogens is 4. The number of halogens is 3. The molecule has 1 aromatic carbocycles. The Bertz CT molecular complexity index is 994. The summed E-state index contributed by atoms with van der Waals surface area (Å²) >= 11 is 0. The van der Waals surface area contributed by atoms with E-state index in [9.17, 15) is 18.0 Å². The van der Waals surface area contributed by atoms with E-state index in [2.05, 4.69) is 35.3 Å². The second-order valence-electron chi connectivity index (χ2n) is 9.21. The zero-order valence-corrected chi connectivity index (χ0v) is 18.8. The molecular weight excluding hydrogens is 421 g/mol. The van der Waals surface area contributed by atoms with Crippen molar-refractivity contribution in [3.63, 3.8) is 0 Å². The van der Waals surface area contributed by atoms with Gasteiger partial charge in [0, 0.05) is 24.2 Å². The predicted molar refractivity (Wildman–Crippen MR) is 116 cm³/mol. The van der Waals surface area contributed by atoms with Gasteiger partial charge in [0.05, 0.1) is 6.54 Å². The van der Waals surface area contributed by atoms with Crippen LogP contribution in [0.2, 0.25) is 0 Å². The van der Waals surface area contributed by atoms with Crippen LogP contribution in [0, 0.1) is 5.41 Å². The average Bonchev–Trinajstić information content (AvgIpc) is 3.14. The topological polar surface area (TPSA) is 75.9 Å². The van der Waals surface area contributed by atoms with Crippen molar-refractivity contribution in [2.24, 2.45) is 5.41 Å². The Balaban J connectivity index is 1.86. The number of benzene rings is 1. The summed E-state index contributed by atoms with van der Waals surface area (Å²) in [6.07, 6.45) is -0.0422. The molecule has 0 unspecified atom stereocenters. The first-order valence-electron chi connectivity index (χ1n) is 10.5. The maximum atomic E-state index is 12.8. The number of alkyl halides is 3. The summed E-state index contributed by atoms with van der Waals surface area (Å²) in [6, 6.07) is 5.02. The Morgan fingerprint density at radius 2 is 2.03 bits per heavy atom. The summed E-state index contributed by atoms with van der Waals surface area (Å²) in [5.41, 5.74) is 2.68. The summed E-state index contributed by atoms with van der Waals surface area (Å²) in [6.45, 7) is 5.71. The third-order valence-corrected chi connectivity index (χ3v) is 5.51. The third-order valence-electron chi connectivity index (χ3n) is 5.51. The Morgan fingerprint density at radius 3 is 2.66 bits per heavy atom. The number of hydrogen-bond donors (Lipinski definition) is 1. The summed E-state index contributed by atoms with van der Waals surface area (Å²) in [4.78, 5) is 15.1. The van der Waals surface area contributed by atoms with E-state index >= 15 is 0 Å². The van der Waals surface area contributed by atoms with Crippen LogP contribution in [0.15, 0.2) is 24.3 Å². The van der Waals surface area contributed by atoms with E-state index in [1.807, 2.05) is 30.4 Å². The van der Waals surface area contributed by atoms with E-state index in [0.29, 0.717) is 24.4 Å². The maximum absolute atomic E-state index is 12.8. The van der Waals surface area contributed by atoms with Gasteiger partial charge in [-0.05, 0) is 67.3 Å². The molecule has 1 amide bonds. The summed E-state index contributed by atoms with van der Waals surface area (Å²) in [5.74, 6) is -1.45. The molecule has 0 radical (unpaired) electrons. The van der Waals surface area contributed by atoms with Crippen molar-refractivity contribution in [3.8, 4) is 0 Å². The van der Waals surface area contributed by atoms with Crippen molar-refractivity contribution in [2.45, 2.75) is 52.3 Å². The number of amides is 1. The Morgan fingerprint density at radius 1 is 1.28 bits per heavy atom. The van der Waals surface area contributed by atoms with Crippen molar-refractivity contribution in [1.82, 2.24) is 25.1 Å². The Labute approximate surface area is 185 Å². The standard InChI is InChI=1S/C22H29F3N6O/c1-21(2)9-7-16(8-10-21)17-13-15(5-6-18(17)26-20(32)22(23,24)25)14-19-27-29-31(28-19)12-11-30(3)4/h5-7,13H,8-12,14H2,1-4H3,(H,26,32). The molecule has 0 bridgehead atoms. The quantitative estimate of drug-likeness (QED) is 0.692. The van der Waals surface area contributed by atoms with E-state index in [-0.39, 0.29) is 11.1 Å². The van der Waals surface area contributed by atoms with Gasteiger partial charge in [0.15, 0.2) is 5.82 Å². The highest BCUT2D eigenvalue weighted by Crippen LogP contribution is 2.40. The lowest BCUT2D eigenvalue weighted by molar-refractivity contribution is -0.167. The first-order valence-corrected chi connectivity index (χ1v) is 10.5. The molecule has 0 spiro atoms. The van der Waals surface area contributed by atoms with E-state index in [4.69, 9.17) is 0 Å². The van der Waals surface area contributed by atoms with Gasteiger partial charge in [-0.15, -0.1) is 10.2 Å². The number of nitrogens with one attached hydrogen (secondary N) is 1. The third kappa shape index (κ3) is 6.38. The number of carbonyl (C=O) groups is 1. The van der Waals surface area contributed by atoms with Gasteiger partial charge in [-0.1, -0.05) is 26.0 Å². The van der Waals surface area contributed by atoms with E-state index in [1.165, 1.54) is 10.9 Å². The van der Waals surface area contributed by atoms with E-state index in [0.717, 1.165) is 36.9 Å². The smallest absolute Gasteiger partial charge is 0.318 e. The minimum atomic E-state index is -4.95. The van der Waals surface area contributed by atoms with Crippen LogP contribution in [0.1, 0.15) is 50.1 Å². The molecule has 1 heterocycles. The first-order chi connectivity index (χ1) is 14.9. The van der Waals surface area contributed by atoms with Crippen LogP contribution in [-0.4, -0.2) is 57.8 Å². The van der Waals surface area contributed by atoms with Crippen LogP contribution >= 0.6 is 0 Å². The van der Waals surface area contributed by atoms with Crippen molar-refractivity contribution >= 4 is 17.2 Å². The molecule has 0 fully saturated rings. The molecule has 1 N–H and O–H groups in total. The zero-order valence-electron chi connectivity index (χ0n) is 18.8. The average molecular weight is 451 g/mol. The fraction of sp³-hybridized carbons (Fsp3) is 0.545. The lowest BCUT2D eigenvalue weighted by Gasteiger charge is -2.29. The Hall–Kier alpha value is -2.75. The van der Waals surface area contributed by atoms with Crippen molar-refractivity contribution < 1.29 is 18.0 Å². The molecule has 0 saturated carbocycles. The van der Waals surface area contributed by atoms with Gasteiger partial charge in [-0.3, -0.25) is 4.79 Å². The van der Waals surface area contributed by atoms with Crippen LogP contribution in [0.5, 0.6) is 0 Å². The molecule has 0 saturated heterocycles. The minimum Gasteiger partial charge on any atom is -0.318 e. The number of rotatable bonds is 7. The lowest BCUT2D eigenvalue weighted by Crippen LogP contribution is -2.30. The van der Waals surface area contributed by atoms with Gasteiger partial charge in [0.25, 0.3) is 0 Å². The molecule has 2 aromatic rings. The van der Waals surface area contributed by atoms with Gasteiger partial charge in [0.2, 0.25) is 0 Å². The van der Waals surface area contributed by atoms with E-state index < -0.39 is 12.1 Å². The molecule has 1 aliphatic carbocycles. The van der Waals surface area contributed by atoms with Crippen molar-refractivity contribution in [3.05, 3.63) is 41.2 Å². The number of tetrazole rings is 1. The largest absolute Gasteiger partial charge is 0.471 e. The van der Waals surface area contributed by atoms with Gasteiger partial charge in [-0.25, -0.2) is 0 Å². The van der Waals surface area contributed by atoms with Crippen LogP contribution in [0.4, 0.5) is 18.9 Å². The zero-order chi connectivity index (χ0) is 23.5. The van der Waals surface area contributed by atoms with Gasteiger partial charge >= 0.3 is 12.1 Å². The number of nitrogens with zero attached hydrogens (tertiary/aromatic N) is 5. The fourth-order valence-electron chi connectivity index (χ4n) is 3.50. The van der Waals surface area contributed by atoms with E-state index in [1.54, 1.807) is 6.07 Å². The second kappa shape index (κ2) is 9.40. The van der Waals surface area contributed by atoms with Crippen LogP contribution < -0.4 is 5.32 Å². The molecule has 1 aliphatic rings. The highest BCUT2D eigenvalue weighted by molar-refractivity contribution is 5.97. The Kier molecular flexibility index (Phi) is 7.02. The monoisotopic (exact) mass is 450 g/mol. The highest BCUT2D eigenvalue weighted by Gasteiger charge is 2.39. The summed E-state index contributed by atoms with van der Waals surface area (Å²) in [7, 11) is 3.92. The van der Waals surface area contributed by atoms with Gasteiger partial charge < -0.3 is 10.2 Å². The molecule has 174 valence electrons. The summed E-state index contributed by atoms with van der Waals surface area (Å²) < 4.78 is 38.5. The molecule has 0 atom stereocenters. The highest BCUT2D eigenvalue weighted by atomic mass is 19.4. The lowest BCUT2D eigenvalue weighted by atomic mass is 9.76. The number of anilines is 1. The number of allylic oxidation sites excluding steroid dienone is 2. The van der Waals surface area contributed by atoms with Crippen LogP contribution in [-0.2, 0) is 17.8 Å². The molecule has 3 rings (SSSR count). The predicted octanol–water partition coefficient (Wildman–Crippen LogP) is 3.92. The van der Waals surface area contributed by atoms with Crippen LogP contribution in [0.25, 0.3) is 5.57 Å². The van der Waals surface area contributed by atoms with Crippen molar-refractivity contribution in [1.29, 1.82) is 0 Å². The first kappa shape index (κ1) is 23.9. The molecule has 32 heavy (non-hydrogen) atoms. The number of carbonyl (C=O) groups excluding carboxylic acids is 1. The van der Waals surface area contributed by atoms with Gasteiger partial charge in [0.1, 0.15) is 0 Å². The molecule has 1 aromatic heterocycles. The maximum Gasteiger partial charge on any atom is 0.471 e. The molecule has 0 aliphatic heterocycles. The molecule has 10 heteroatoms. The molecular formula is C22H29F3N6O. The normalized spacial score (nSPS) is 16.2. The second-order valence-corrected chi connectivity index (χ2v) is 9.21. The van der Waals surface area contributed by atoms with Crippen molar-refractivity contribution in [2.75, 3.05) is 26.0 Å². The SMILES string of the molecule is CN(C)CCn1nnc(Cc2ccc(NC(=O)C(F)(F)F)c(C3=CCC(C)(C)CC3)c2)n1. The van der Waals surface area contributed by atoms with Gasteiger partial charge in [-0.2, -0.15) is 18.0 Å². The number of likely N-dealkylation sites (N-methyl/N-ethyl adjacent to an activating group) is 1.